The van der Waals surface area contributed by atoms with Gasteiger partial charge < -0.3 is 9.13 Å². The third-order valence-electron chi connectivity index (χ3n) is 3.47. The maximum Gasteiger partial charge on any atom is 0.176 e. The molecule has 22 heavy (non-hydrogen) atoms. The lowest BCUT2D eigenvalue weighted by molar-refractivity contribution is 0.860. The average molecular weight is 294 g/mol. The minimum absolute atomic E-state index is 0.891. The molecular formula is C16H18N6. The van der Waals surface area contributed by atoms with E-state index in [2.05, 4.69) is 32.1 Å². The number of allylic oxidation sites excluding steroid dienone is 2. The van der Waals surface area contributed by atoms with Gasteiger partial charge in [0.25, 0.3) is 0 Å². The molecule has 0 fully saturated rings. The second-order valence-electron chi connectivity index (χ2n) is 5.05. The van der Waals surface area contributed by atoms with Crippen molar-refractivity contribution in [1.82, 2.24) is 19.1 Å². The molecule has 4 heterocycles. The molecule has 6 nitrogen and oxygen atoms in total. The highest BCUT2D eigenvalue weighted by Gasteiger charge is 2.10. The minimum Gasteiger partial charge on any atom is -0.331 e. The number of imidazole rings is 2. The molecule has 112 valence electrons. The zero-order valence-corrected chi connectivity index (χ0v) is 12.7. The van der Waals surface area contributed by atoms with Gasteiger partial charge in [0.1, 0.15) is 0 Å². The summed E-state index contributed by atoms with van der Waals surface area (Å²) in [6.07, 6.45) is 17.1. The third-order valence-corrected chi connectivity index (χ3v) is 3.47. The van der Waals surface area contributed by atoms with Crippen LogP contribution >= 0.6 is 0 Å². The van der Waals surface area contributed by atoms with E-state index in [1.807, 2.05) is 48.0 Å². The highest BCUT2D eigenvalue weighted by Crippen LogP contribution is 2.12. The molecule has 0 aliphatic carbocycles. The van der Waals surface area contributed by atoms with Gasteiger partial charge in [-0.2, -0.15) is 0 Å². The molecule has 0 N–H and O–H groups in total. The van der Waals surface area contributed by atoms with Crippen LogP contribution in [0.15, 0.2) is 59.3 Å². The summed E-state index contributed by atoms with van der Waals surface area (Å²) in [6.45, 7) is 0. The summed E-state index contributed by atoms with van der Waals surface area (Å²) in [7, 11) is 3.91. The predicted molar refractivity (Wildman–Crippen MR) is 87.8 cm³/mol. The van der Waals surface area contributed by atoms with Crippen molar-refractivity contribution < 1.29 is 0 Å². The molecule has 0 aromatic carbocycles. The van der Waals surface area contributed by atoms with E-state index in [1.165, 1.54) is 0 Å². The van der Waals surface area contributed by atoms with Crippen LogP contribution in [0.25, 0.3) is 11.6 Å². The molecule has 2 aromatic rings. The van der Waals surface area contributed by atoms with E-state index in [0.29, 0.717) is 0 Å². The molecule has 6 heteroatoms. The molecule has 2 aliphatic heterocycles. The van der Waals surface area contributed by atoms with E-state index >= 15 is 0 Å². The van der Waals surface area contributed by atoms with Crippen molar-refractivity contribution in [2.75, 3.05) is 0 Å². The summed E-state index contributed by atoms with van der Waals surface area (Å²) in [5.41, 5.74) is 2.26. The van der Waals surface area contributed by atoms with Crippen LogP contribution in [-0.4, -0.2) is 30.5 Å². The van der Waals surface area contributed by atoms with Crippen molar-refractivity contribution in [3.63, 3.8) is 0 Å². The second kappa shape index (κ2) is 6.34. The average Bonchev–Trinajstić information content (AvgIpc) is 3.28. The topological polar surface area (TPSA) is 60.4 Å². The Hall–Kier alpha value is -2.76. The van der Waals surface area contributed by atoms with Crippen molar-refractivity contribution in [1.29, 1.82) is 0 Å². The minimum atomic E-state index is 0.891. The van der Waals surface area contributed by atoms with Gasteiger partial charge >= 0.3 is 0 Å². The van der Waals surface area contributed by atoms with Crippen molar-refractivity contribution in [2.24, 2.45) is 24.1 Å². The first-order valence-electron chi connectivity index (χ1n) is 7.14. The number of nitrogens with zero attached hydrogens (tertiary/aromatic N) is 6. The SMILES string of the molecule is C1=CN=C(C2=NC=CC2)C1.Cn1ccnc1-c1nccn1C. The van der Waals surface area contributed by atoms with Crippen LogP contribution in [0.3, 0.4) is 0 Å². The summed E-state index contributed by atoms with van der Waals surface area (Å²) >= 11 is 0. The Balaban J connectivity index is 0.000000133. The summed E-state index contributed by atoms with van der Waals surface area (Å²) in [4.78, 5) is 16.8. The summed E-state index contributed by atoms with van der Waals surface area (Å²) in [5.74, 6) is 1.78. The summed E-state index contributed by atoms with van der Waals surface area (Å²) in [5, 5.41) is 0. The summed E-state index contributed by atoms with van der Waals surface area (Å²) < 4.78 is 3.89. The van der Waals surface area contributed by atoms with E-state index in [9.17, 15) is 0 Å². The van der Waals surface area contributed by atoms with E-state index in [0.717, 1.165) is 35.9 Å². The predicted octanol–water partition coefficient (Wildman–Crippen LogP) is 2.52. The number of aromatic nitrogens is 4. The standard InChI is InChI=1S/C8H10N4.C8H8N2/c1-11-5-3-9-7(11)8-10-4-6-12(8)2;1-3-7(9-5-1)8-4-2-6-10-8/h3-6H,1-2H3;1-2,5-6H,3-4H2. The normalized spacial score (nSPS) is 15.5. The monoisotopic (exact) mass is 294 g/mol. The lowest BCUT2D eigenvalue weighted by Gasteiger charge is -2.00. The number of rotatable bonds is 2. The fourth-order valence-corrected chi connectivity index (χ4v) is 2.27. The van der Waals surface area contributed by atoms with Crippen LogP contribution in [0.4, 0.5) is 0 Å². The molecule has 2 aliphatic rings. The lowest BCUT2D eigenvalue weighted by atomic mass is 10.1. The number of aliphatic imine (C=N–C) groups is 2. The van der Waals surface area contributed by atoms with Crippen LogP contribution in [0.1, 0.15) is 12.8 Å². The maximum atomic E-state index is 4.20. The first kappa shape index (κ1) is 14.2. The quantitative estimate of drug-likeness (QED) is 0.854. The third kappa shape index (κ3) is 2.95. The zero-order valence-electron chi connectivity index (χ0n) is 12.7. The molecule has 0 saturated carbocycles. The van der Waals surface area contributed by atoms with E-state index in [4.69, 9.17) is 0 Å². The molecule has 0 radical (unpaired) electrons. The Kier molecular flexibility index (Phi) is 4.09. The van der Waals surface area contributed by atoms with Crippen molar-refractivity contribution in [3.05, 3.63) is 49.3 Å². The van der Waals surface area contributed by atoms with Crippen molar-refractivity contribution in [3.8, 4) is 11.6 Å². The molecule has 0 spiro atoms. The van der Waals surface area contributed by atoms with Gasteiger partial charge in [-0.3, -0.25) is 9.98 Å². The molecule has 0 atom stereocenters. The lowest BCUT2D eigenvalue weighted by Crippen LogP contribution is -2.07. The van der Waals surface area contributed by atoms with Gasteiger partial charge in [0.2, 0.25) is 0 Å². The first-order chi connectivity index (χ1) is 10.8. The zero-order chi connectivity index (χ0) is 15.4. The van der Waals surface area contributed by atoms with Crippen LogP contribution in [-0.2, 0) is 14.1 Å². The Morgan fingerprint density at radius 1 is 0.773 bits per heavy atom. The van der Waals surface area contributed by atoms with Gasteiger partial charge in [0.05, 0.1) is 11.4 Å². The molecule has 2 aromatic heterocycles. The van der Waals surface area contributed by atoms with Gasteiger partial charge in [-0.05, 0) is 0 Å². The molecule has 4 rings (SSSR count). The smallest absolute Gasteiger partial charge is 0.176 e. The highest BCUT2D eigenvalue weighted by atomic mass is 15.1. The Bertz CT molecular complexity index is 706. The van der Waals surface area contributed by atoms with E-state index in [1.54, 1.807) is 12.4 Å². The van der Waals surface area contributed by atoms with Crippen LogP contribution in [0.5, 0.6) is 0 Å². The largest absolute Gasteiger partial charge is 0.331 e. The molecule has 0 unspecified atom stereocenters. The molecule has 0 amide bonds. The Morgan fingerprint density at radius 2 is 1.23 bits per heavy atom. The van der Waals surface area contributed by atoms with Gasteiger partial charge in [-0.25, -0.2) is 9.97 Å². The van der Waals surface area contributed by atoms with Gasteiger partial charge in [0.15, 0.2) is 11.6 Å². The van der Waals surface area contributed by atoms with Crippen LogP contribution < -0.4 is 0 Å². The second-order valence-corrected chi connectivity index (χ2v) is 5.05. The molecule has 0 bridgehead atoms. The van der Waals surface area contributed by atoms with Gasteiger partial charge in [0, 0.05) is 64.1 Å². The maximum absolute atomic E-state index is 4.20. The summed E-state index contributed by atoms with van der Waals surface area (Å²) in [6, 6.07) is 0. The van der Waals surface area contributed by atoms with Crippen molar-refractivity contribution in [2.45, 2.75) is 12.8 Å². The highest BCUT2D eigenvalue weighted by molar-refractivity contribution is 6.44. The first-order valence-corrected chi connectivity index (χ1v) is 7.14. The fraction of sp³-hybridized carbons (Fsp3) is 0.250. The Morgan fingerprint density at radius 3 is 1.50 bits per heavy atom. The van der Waals surface area contributed by atoms with Crippen LogP contribution in [0, 0.1) is 0 Å². The van der Waals surface area contributed by atoms with Crippen LogP contribution in [0.2, 0.25) is 0 Å². The molecule has 0 saturated heterocycles. The number of aryl methyl sites for hydroxylation is 2. The van der Waals surface area contributed by atoms with E-state index < -0.39 is 0 Å². The molecular weight excluding hydrogens is 276 g/mol. The Labute approximate surface area is 129 Å². The number of hydrogen-bond acceptors (Lipinski definition) is 4. The van der Waals surface area contributed by atoms with Crippen molar-refractivity contribution >= 4 is 11.4 Å². The van der Waals surface area contributed by atoms with Gasteiger partial charge in [-0.1, -0.05) is 12.2 Å². The number of hydrogen-bond donors (Lipinski definition) is 0. The van der Waals surface area contributed by atoms with Gasteiger partial charge in [-0.15, -0.1) is 0 Å². The fourth-order valence-electron chi connectivity index (χ4n) is 2.27. The van der Waals surface area contributed by atoms with E-state index in [-0.39, 0.29) is 0 Å².